The molecular formula is C29H35N3O5. The second kappa shape index (κ2) is 11.6. The van der Waals surface area contributed by atoms with Gasteiger partial charge in [0.2, 0.25) is 0 Å². The van der Waals surface area contributed by atoms with Gasteiger partial charge in [-0.1, -0.05) is 38.0 Å². The maximum atomic E-state index is 13.3. The number of nitrogens with zero attached hydrogens (tertiary/aromatic N) is 3. The zero-order valence-corrected chi connectivity index (χ0v) is 22.0. The van der Waals surface area contributed by atoms with Crippen LogP contribution in [0.25, 0.3) is 11.4 Å². The number of methoxy groups -OCH3 is 1. The zero-order valence-electron chi connectivity index (χ0n) is 22.0. The Morgan fingerprint density at radius 1 is 1.05 bits per heavy atom. The van der Waals surface area contributed by atoms with E-state index in [1.807, 2.05) is 60.8 Å². The molecule has 0 saturated carbocycles. The summed E-state index contributed by atoms with van der Waals surface area (Å²) in [4.78, 5) is 32.6. The molecule has 4 rings (SSSR count). The standard InChI is InChI=1S/C29H35N3O5/c1-5-6-7-18-37-22-13-11-21(12-14-22)25-23(27(34)29(35)32(25)16-9-17-36-4)26(33)24-20(3)31-15-8-10-19(2)28(31)30-24/h8,10-15,25,33H,5-7,9,16-18H2,1-4H3/b26-23+. The van der Waals surface area contributed by atoms with Crippen LogP contribution < -0.4 is 4.74 Å². The Labute approximate surface area is 217 Å². The number of pyridine rings is 1. The number of ketones is 1. The number of likely N-dealkylation sites (tertiary alicyclic amines) is 1. The third kappa shape index (κ3) is 5.25. The van der Waals surface area contributed by atoms with Crippen molar-refractivity contribution < 1.29 is 24.2 Å². The summed E-state index contributed by atoms with van der Waals surface area (Å²) < 4.78 is 12.9. The summed E-state index contributed by atoms with van der Waals surface area (Å²) in [6.07, 6.45) is 5.63. The van der Waals surface area contributed by atoms with Crippen molar-refractivity contribution in [2.75, 3.05) is 26.9 Å². The molecule has 8 nitrogen and oxygen atoms in total. The number of carbonyl (C=O) groups excluding carboxylic acids is 2. The predicted molar refractivity (Wildman–Crippen MR) is 142 cm³/mol. The number of aliphatic hydroxyl groups is 1. The fourth-order valence-electron chi connectivity index (χ4n) is 4.80. The highest BCUT2D eigenvalue weighted by Gasteiger charge is 2.46. The van der Waals surface area contributed by atoms with Crippen LogP contribution in [0.2, 0.25) is 0 Å². The second-order valence-electron chi connectivity index (χ2n) is 9.39. The normalized spacial score (nSPS) is 17.2. The minimum atomic E-state index is -0.740. The highest BCUT2D eigenvalue weighted by molar-refractivity contribution is 6.46. The third-order valence-electron chi connectivity index (χ3n) is 6.81. The van der Waals surface area contributed by atoms with Crippen LogP contribution in [0.4, 0.5) is 0 Å². The number of Topliss-reactive ketones (excluding diaryl/α,β-unsaturated/α-hetero) is 1. The zero-order chi connectivity index (χ0) is 26.5. The molecule has 1 fully saturated rings. The molecule has 0 bridgehead atoms. The smallest absolute Gasteiger partial charge is 0.295 e. The van der Waals surface area contributed by atoms with E-state index in [0.29, 0.717) is 43.2 Å². The van der Waals surface area contributed by atoms with Gasteiger partial charge in [0, 0.05) is 26.5 Å². The van der Waals surface area contributed by atoms with Crippen LogP contribution in [0.15, 0.2) is 48.2 Å². The number of rotatable bonds is 11. The van der Waals surface area contributed by atoms with E-state index in [4.69, 9.17) is 9.47 Å². The van der Waals surface area contributed by atoms with Crippen molar-refractivity contribution in [3.63, 3.8) is 0 Å². The van der Waals surface area contributed by atoms with Gasteiger partial charge in [0.1, 0.15) is 17.1 Å². The van der Waals surface area contributed by atoms with Crippen LogP contribution in [0.5, 0.6) is 5.75 Å². The average Bonchev–Trinajstić information content (AvgIpc) is 3.37. The van der Waals surface area contributed by atoms with Gasteiger partial charge >= 0.3 is 0 Å². The molecule has 1 amide bonds. The molecule has 1 aliphatic rings. The summed E-state index contributed by atoms with van der Waals surface area (Å²) >= 11 is 0. The summed E-state index contributed by atoms with van der Waals surface area (Å²) in [6.45, 7) is 7.32. The first kappa shape index (κ1) is 26.4. The van der Waals surface area contributed by atoms with E-state index in [0.717, 1.165) is 36.1 Å². The molecule has 196 valence electrons. The molecule has 2 aromatic heterocycles. The number of imidazole rings is 1. The maximum Gasteiger partial charge on any atom is 0.295 e. The Morgan fingerprint density at radius 3 is 2.49 bits per heavy atom. The number of amides is 1. The molecule has 3 heterocycles. The first-order valence-electron chi connectivity index (χ1n) is 12.8. The number of hydrogen-bond donors (Lipinski definition) is 1. The number of aliphatic hydroxyl groups excluding tert-OH is 1. The van der Waals surface area contributed by atoms with Crippen LogP contribution >= 0.6 is 0 Å². The van der Waals surface area contributed by atoms with Crippen molar-refractivity contribution in [3.8, 4) is 5.75 Å². The number of carbonyl (C=O) groups is 2. The lowest BCUT2D eigenvalue weighted by Gasteiger charge is -2.25. The summed E-state index contributed by atoms with van der Waals surface area (Å²) in [5.74, 6) is -0.894. The molecular weight excluding hydrogens is 470 g/mol. The molecule has 1 saturated heterocycles. The van der Waals surface area contributed by atoms with Crippen LogP contribution in [-0.4, -0.2) is 57.9 Å². The molecule has 3 aromatic rings. The van der Waals surface area contributed by atoms with Crippen molar-refractivity contribution >= 4 is 23.1 Å². The maximum absolute atomic E-state index is 13.3. The summed E-state index contributed by atoms with van der Waals surface area (Å²) in [7, 11) is 1.60. The molecule has 8 heteroatoms. The summed E-state index contributed by atoms with van der Waals surface area (Å²) in [5.41, 5.74) is 3.38. The molecule has 37 heavy (non-hydrogen) atoms. The van der Waals surface area contributed by atoms with E-state index in [9.17, 15) is 14.7 Å². The molecule has 1 N–H and O–H groups in total. The van der Waals surface area contributed by atoms with Gasteiger partial charge in [0.15, 0.2) is 5.76 Å². The molecule has 0 radical (unpaired) electrons. The molecule has 1 aliphatic heterocycles. The van der Waals surface area contributed by atoms with Crippen molar-refractivity contribution in [2.45, 2.75) is 52.5 Å². The SMILES string of the molecule is CCCCCOc1ccc(C2/C(=C(\O)c3nc4c(C)cccn4c3C)C(=O)C(=O)N2CCCOC)cc1. The number of aromatic nitrogens is 2. The number of aryl methyl sites for hydroxylation is 2. The van der Waals surface area contributed by atoms with Gasteiger partial charge in [-0.2, -0.15) is 0 Å². The largest absolute Gasteiger partial charge is 0.505 e. The van der Waals surface area contributed by atoms with E-state index in [1.165, 1.54) is 4.90 Å². The third-order valence-corrected chi connectivity index (χ3v) is 6.81. The minimum absolute atomic E-state index is 0.0446. The summed E-state index contributed by atoms with van der Waals surface area (Å²) in [5, 5.41) is 11.5. The molecule has 0 aliphatic carbocycles. The molecule has 0 spiro atoms. The highest BCUT2D eigenvalue weighted by Crippen LogP contribution is 2.40. The van der Waals surface area contributed by atoms with E-state index in [-0.39, 0.29) is 11.3 Å². The Balaban J connectivity index is 1.76. The lowest BCUT2D eigenvalue weighted by atomic mass is 9.96. The van der Waals surface area contributed by atoms with Crippen molar-refractivity contribution in [2.24, 2.45) is 0 Å². The Morgan fingerprint density at radius 2 is 1.81 bits per heavy atom. The number of fused-ring (bicyclic) bond motifs is 1. The first-order chi connectivity index (χ1) is 17.9. The molecule has 1 aromatic carbocycles. The van der Waals surface area contributed by atoms with E-state index in [2.05, 4.69) is 11.9 Å². The Kier molecular flexibility index (Phi) is 8.28. The monoisotopic (exact) mass is 505 g/mol. The van der Waals surface area contributed by atoms with Crippen molar-refractivity contribution in [1.29, 1.82) is 0 Å². The minimum Gasteiger partial charge on any atom is -0.505 e. The first-order valence-corrected chi connectivity index (χ1v) is 12.8. The number of unbranched alkanes of at least 4 members (excludes halogenated alkanes) is 2. The average molecular weight is 506 g/mol. The molecule has 1 unspecified atom stereocenters. The fourth-order valence-corrected chi connectivity index (χ4v) is 4.80. The fraction of sp³-hybridized carbons (Fsp3) is 0.414. The van der Waals surface area contributed by atoms with E-state index in [1.54, 1.807) is 7.11 Å². The van der Waals surface area contributed by atoms with Gasteiger partial charge < -0.3 is 23.9 Å². The Hall–Kier alpha value is -3.65. The quantitative estimate of drug-likeness (QED) is 0.171. The number of hydrogen-bond acceptors (Lipinski definition) is 6. The van der Waals surface area contributed by atoms with Gasteiger partial charge in [0.25, 0.3) is 11.7 Å². The second-order valence-corrected chi connectivity index (χ2v) is 9.39. The van der Waals surface area contributed by atoms with Crippen LogP contribution in [0, 0.1) is 13.8 Å². The van der Waals surface area contributed by atoms with Gasteiger partial charge in [-0.05, 0) is 56.0 Å². The van der Waals surface area contributed by atoms with Crippen LogP contribution in [0.1, 0.15) is 61.2 Å². The van der Waals surface area contributed by atoms with Crippen LogP contribution in [0.3, 0.4) is 0 Å². The number of benzene rings is 1. The topological polar surface area (TPSA) is 93.4 Å². The van der Waals surface area contributed by atoms with Gasteiger partial charge in [-0.15, -0.1) is 0 Å². The summed E-state index contributed by atoms with van der Waals surface area (Å²) in [6, 6.07) is 10.5. The van der Waals surface area contributed by atoms with E-state index < -0.39 is 17.7 Å². The van der Waals surface area contributed by atoms with Gasteiger partial charge in [-0.3, -0.25) is 9.59 Å². The van der Waals surface area contributed by atoms with Crippen molar-refractivity contribution in [3.05, 3.63) is 70.7 Å². The predicted octanol–water partition coefficient (Wildman–Crippen LogP) is 4.98. The Bertz CT molecular complexity index is 1310. The molecule has 1 atom stereocenters. The van der Waals surface area contributed by atoms with Crippen LogP contribution in [-0.2, 0) is 14.3 Å². The van der Waals surface area contributed by atoms with Crippen molar-refractivity contribution in [1.82, 2.24) is 14.3 Å². The number of ether oxygens (including phenoxy) is 2. The highest BCUT2D eigenvalue weighted by atomic mass is 16.5. The lowest BCUT2D eigenvalue weighted by molar-refractivity contribution is -0.140. The van der Waals surface area contributed by atoms with Gasteiger partial charge in [0.05, 0.1) is 23.9 Å². The lowest BCUT2D eigenvalue weighted by Crippen LogP contribution is -2.31. The van der Waals surface area contributed by atoms with E-state index >= 15 is 0 Å². The van der Waals surface area contributed by atoms with Gasteiger partial charge in [-0.25, -0.2) is 4.98 Å².